The van der Waals surface area contributed by atoms with Gasteiger partial charge in [-0.05, 0) is 71.3 Å². The van der Waals surface area contributed by atoms with Crippen molar-refractivity contribution in [3.8, 4) is 33.4 Å². The second-order valence-corrected chi connectivity index (χ2v) is 10.5. The van der Waals surface area contributed by atoms with E-state index in [0.29, 0.717) is 0 Å². The van der Waals surface area contributed by atoms with E-state index in [1.165, 1.54) is 0 Å². The maximum Gasteiger partial charge on any atom is 0.0738 e. The molecule has 3 aromatic carbocycles. The Hall–Kier alpha value is -5.74. The Morgan fingerprint density at radius 2 is 0.714 bits per heavy atom. The van der Waals surface area contributed by atoms with Crippen molar-refractivity contribution in [2.45, 2.75) is 0 Å². The summed E-state index contributed by atoms with van der Waals surface area (Å²) in [4.78, 5) is 17.8. The molecule has 0 saturated carbocycles. The topological polar surface area (TPSA) is 57.4 Å². The van der Waals surface area contributed by atoms with Gasteiger partial charge in [-0.2, -0.15) is 0 Å². The molecular weight excluding hydrogens is 512 g/mol. The van der Waals surface area contributed by atoms with E-state index < -0.39 is 0 Å². The number of nitrogens with zero attached hydrogens (tertiary/aromatic N) is 2. The lowest BCUT2D eigenvalue weighted by molar-refractivity contribution is 1.28. The number of benzene rings is 3. The molecule has 0 spiro atoms. The molecule has 4 heteroatoms. The Kier molecular flexibility index (Phi) is 5.75. The molecule has 0 atom stereocenters. The van der Waals surface area contributed by atoms with Crippen LogP contribution >= 0.6 is 0 Å². The van der Waals surface area contributed by atoms with Crippen LogP contribution in [-0.4, -0.2) is 19.9 Å². The van der Waals surface area contributed by atoms with Gasteiger partial charge in [0.15, 0.2) is 0 Å². The lowest BCUT2D eigenvalue weighted by Crippen LogP contribution is -1.90. The first-order chi connectivity index (χ1) is 20.8. The highest BCUT2D eigenvalue weighted by atomic mass is 14.8. The summed E-state index contributed by atoms with van der Waals surface area (Å²) in [6, 6.07) is 42.0. The quantitative estimate of drug-likeness (QED) is 0.235. The SMILES string of the molecule is C1=Cc2nc1c(-c1ccccc1)c1nc(c(-c3ccccc3)c3ccc(cc4ccc([nH]4)c2-c2ccccc2)[nH]3)C=C1. The first kappa shape index (κ1) is 24.1. The van der Waals surface area contributed by atoms with Crippen LogP contribution in [0.4, 0.5) is 0 Å². The highest BCUT2D eigenvalue weighted by Crippen LogP contribution is 2.36. The predicted octanol–water partition coefficient (Wildman–Crippen LogP) is 9.66. The maximum atomic E-state index is 5.25. The summed E-state index contributed by atoms with van der Waals surface area (Å²) >= 11 is 0. The molecule has 8 bridgehead atoms. The van der Waals surface area contributed by atoms with Gasteiger partial charge in [0.2, 0.25) is 0 Å². The standard InChI is InChI=1S/C38H26N4/c1-4-10-25(11-5-1)36-30-18-16-28(39-30)24-29-17-19-31(40-29)37(26-12-6-2-7-13-26)33-21-23-35(42-33)38(27-14-8-3-9-15-27)34-22-20-32(36)41-34/h1-24,39-40H. The fourth-order valence-corrected chi connectivity index (χ4v) is 5.86. The number of aromatic nitrogens is 4. The van der Waals surface area contributed by atoms with Gasteiger partial charge >= 0.3 is 0 Å². The van der Waals surface area contributed by atoms with Crippen molar-refractivity contribution >= 4 is 46.4 Å². The molecule has 8 rings (SSSR count). The van der Waals surface area contributed by atoms with Gasteiger partial charge < -0.3 is 9.97 Å². The number of fused-ring (bicyclic) bond motifs is 8. The maximum absolute atomic E-state index is 5.25. The molecular formula is C38H26N4. The summed E-state index contributed by atoms with van der Waals surface area (Å²) in [6.07, 6.45) is 8.46. The van der Waals surface area contributed by atoms with Gasteiger partial charge in [-0.25, -0.2) is 9.97 Å². The van der Waals surface area contributed by atoms with Gasteiger partial charge in [-0.1, -0.05) is 91.0 Å². The van der Waals surface area contributed by atoms with Crippen molar-refractivity contribution in [3.05, 3.63) is 144 Å². The first-order valence-corrected chi connectivity index (χ1v) is 14.1. The van der Waals surface area contributed by atoms with E-state index in [2.05, 4.69) is 137 Å². The number of hydrogen-bond acceptors (Lipinski definition) is 2. The third-order valence-electron chi connectivity index (χ3n) is 7.76. The number of aromatic amines is 2. The van der Waals surface area contributed by atoms with Crippen LogP contribution in [-0.2, 0) is 0 Å². The molecule has 0 unspecified atom stereocenters. The molecule has 2 N–H and O–H groups in total. The molecule has 4 nitrogen and oxygen atoms in total. The lowest BCUT2D eigenvalue weighted by atomic mass is 10.0. The molecule has 5 heterocycles. The van der Waals surface area contributed by atoms with Crippen LogP contribution in [0.15, 0.2) is 121 Å². The third kappa shape index (κ3) is 4.27. The zero-order valence-electron chi connectivity index (χ0n) is 22.8. The van der Waals surface area contributed by atoms with E-state index in [-0.39, 0.29) is 0 Å². The van der Waals surface area contributed by atoms with Crippen molar-refractivity contribution in [1.29, 1.82) is 0 Å². The van der Waals surface area contributed by atoms with Crippen LogP contribution in [0.25, 0.3) is 79.8 Å². The molecule has 198 valence electrons. The Balaban J connectivity index is 1.54. The minimum absolute atomic E-state index is 0.892. The third-order valence-corrected chi connectivity index (χ3v) is 7.76. The average Bonchev–Trinajstić information content (AvgIpc) is 3.86. The van der Waals surface area contributed by atoms with E-state index in [9.17, 15) is 0 Å². The fraction of sp³-hybridized carbons (Fsp3) is 0. The Morgan fingerprint density at radius 1 is 0.357 bits per heavy atom. The molecule has 2 aliphatic heterocycles. The molecule has 0 amide bonds. The van der Waals surface area contributed by atoms with Gasteiger partial charge in [0.05, 0.1) is 22.8 Å². The number of H-pyrrole nitrogens is 2. The predicted molar refractivity (Wildman–Crippen MR) is 175 cm³/mol. The minimum Gasteiger partial charge on any atom is -0.355 e. The van der Waals surface area contributed by atoms with Crippen molar-refractivity contribution < 1.29 is 0 Å². The zero-order chi connectivity index (χ0) is 27.9. The van der Waals surface area contributed by atoms with Gasteiger partial charge in [-0.3, -0.25) is 0 Å². The Labute approximate surface area is 243 Å². The summed E-state index contributed by atoms with van der Waals surface area (Å²) in [5.74, 6) is 0. The van der Waals surface area contributed by atoms with Crippen LogP contribution in [0.5, 0.6) is 0 Å². The van der Waals surface area contributed by atoms with Crippen molar-refractivity contribution in [2.75, 3.05) is 0 Å². The smallest absolute Gasteiger partial charge is 0.0738 e. The molecule has 0 saturated heterocycles. The van der Waals surface area contributed by atoms with Gasteiger partial charge in [0.25, 0.3) is 0 Å². The van der Waals surface area contributed by atoms with E-state index >= 15 is 0 Å². The molecule has 42 heavy (non-hydrogen) atoms. The van der Waals surface area contributed by atoms with Gasteiger partial charge in [0, 0.05) is 38.8 Å². The monoisotopic (exact) mass is 538 g/mol. The molecule has 6 aromatic rings. The summed E-state index contributed by atoms with van der Waals surface area (Å²) in [6.45, 7) is 0. The van der Waals surface area contributed by atoms with Crippen LogP contribution in [0.3, 0.4) is 0 Å². The van der Waals surface area contributed by atoms with E-state index in [0.717, 1.165) is 78.2 Å². The highest BCUT2D eigenvalue weighted by Gasteiger charge is 2.18. The van der Waals surface area contributed by atoms with Crippen LogP contribution in [0.1, 0.15) is 22.8 Å². The molecule has 0 aliphatic carbocycles. The summed E-state index contributed by atoms with van der Waals surface area (Å²) in [7, 11) is 0. The van der Waals surface area contributed by atoms with Crippen molar-refractivity contribution in [1.82, 2.24) is 19.9 Å². The van der Waals surface area contributed by atoms with Crippen molar-refractivity contribution in [3.63, 3.8) is 0 Å². The number of hydrogen-bond donors (Lipinski definition) is 2. The zero-order valence-corrected chi connectivity index (χ0v) is 22.8. The molecule has 2 aliphatic rings. The lowest BCUT2D eigenvalue weighted by Gasteiger charge is -2.06. The summed E-state index contributed by atoms with van der Waals surface area (Å²) in [5.41, 5.74) is 14.1. The highest BCUT2D eigenvalue weighted by molar-refractivity contribution is 5.96. The van der Waals surface area contributed by atoms with E-state index in [1.807, 2.05) is 18.2 Å². The van der Waals surface area contributed by atoms with E-state index in [4.69, 9.17) is 9.97 Å². The summed E-state index contributed by atoms with van der Waals surface area (Å²) in [5, 5.41) is 0. The summed E-state index contributed by atoms with van der Waals surface area (Å²) < 4.78 is 0. The van der Waals surface area contributed by atoms with Crippen LogP contribution < -0.4 is 0 Å². The largest absolute Gasteiger partial charge is 0.355 e. The van der Waals surface area contributed by atoms with Gasteiger partial charge in [-0.15, -0.1) is 0 Å². The molecule has 3 aromatic heterocycles. The number of nitrogens with one attached hydrogen (secondary N) is 2. The number of rotatable bonds is 3. The molecule has 0 radical (unpaired) electrons. The Bertz CT molecular complexity index is 2030. The van der Waals surface area contributed by atoms with Crippen LogP contribution in [0, 0.1) is 0 Å². The normalized spacial score (nSPS) is 12.1. The first-order valence-electron chi connectivity index (χ1n) is 14.1. The van der Waals surface area contributed by atoms with Crippen molar-refractivity contribution in [2.24, 2.45) is 0 Å². The second kappa shape index (κ2) is 10.0. The second-order valence-electron chi connectivity index (χ2n) is 10.5. The Morgan fingerprint density at radius 3 is 1.12 bits per heavy atom. The van der Waals surface area contributed by atoms with Crippen LogP contribution in [0.2, 0.25) is 0 Å². The minimum atomic E-state index is 0.892. The van der Waals surface area contributed by atoms with E-state index in [1.54, 1.807) is 0 Å². The fourth-order valence-electron chi connectivity index (χ4n) is 5.86. The average molecular weight is 539 g/mol. The van der Waals surface area contributed by atoms with Gasteiger partial charge in [0.1, 0.15) is 0 Å². The molecule has 0 fully saturated rings.